The molecule has 0 saturated carbocycles. The van der Waals surface area contributed by atoms with Gasteiger partial charge in [0.05, 0.1) is 25.5 Å². The molecule has 4 heterocycles. The molecule has 0 saturated heterocycles. The Morgan fingerprint density at radius 3 is 3.05 bits per heavy atom. The molecule has 0 atom stereocenters. The van der Waals surface area contributed by atoms with E-state index in [1.165, 1.54) is 7.11 Å². The molecule has 0 radical (unpaired) electrons. The van der Waals surface area contributed by atoms with Crippen LogP contribution in [0.1, 0.15) is 16.1 Å². The van der Waals surface area contributed by atoms with Crippen LogP contribution in [0.4, 0.5) is 0 Å². The number of fused-ring (bicyclic) bond motifs is 2. The number of esters is 1. The molecule has 0 spiro atoms. The van der Waals surface area contributed by atoms with Crippen molar-refractivity contribution in [2.75, 3.05) is 13.7 Å². The third-order valence-corrected chi connectivity index (χ3v) is 3.63. The first-order chi connectivity index (χ1) is 10.8. The number of methoxy groups -OCH3 is 1. The quantitative estimate of drug-likeness (QED) is 0.724. The zero-order valence-electron chi connectivity index (χ0n) is 11.8. The van der Waals surface area contributed by atoms with Crippen molar-refractivity contribution in [1.29, 1.82) is 0 Å². The minimum atomic E-state index is -0.297. The summed E-state index contributed by atoms with van der Waals surface area (Å²) in [6, 6.07) is 3.91. The van der Waals surface area contributed by atoms with Crippen molar-refractivity contribution >= 4 is 17.0 Å². The highest BCUT2D eigenvalue weighted by Crippen LogP contribution is 2.29. The molecule has 110 valence electrons. The third kappa shape index (κ3) is 1.90. The van der Waals surface area contributed by atoms with Crippen LogP contribution < -0.4 is 4.74 Å². The first-order valence-electron chi connectivity index (χ1n) is 6.81. The van der Waals surface area contributed by atoms with E-state index in [4.69, 9.17) is 9.47 Å². The highest BCUT2D eigenvalue weighted by Gasteiger charge is 2.22. The molecular weight excluding hydrogens is 284 g/mol. The van der Waals surface area contributed by atoms with Gasteiger partial charge in [0.1, 0.15) is 11.0 Å². The zero-order valence-corrected chi connectivity index (χ0v) is 11.8. The summed E-state index contributed by atoms with van der Waals surface area (Å²) in [6.45, 7) is 0.402. The summed E-state index contributed by atoms with van der Waals surface area (Å²) < 4.78 is 10.1. The second kappa shape index (κ2) is 4.80. The topological polar surface area (TPSA) is 90.0 Å². The SMILES string of the molecule is COc1ncc2nccc(-c3cc4c([nH]3)CCOC4=O)c2n1. The summed E-state index contributed by atoms with van der Waals surface area (Å²) in [6.07, 6.45) is 3.98. The Hall–Kier alpha value is -2.96. The van der Waals surface area contributed by atoms with Crippen LogP contribution in [0.15, 0.2) is 24.5 Å². The largest absolute Gasteiger partial charge is 0.467 e. The number of carbonyl (C=O) groups is 1. The average molecular weight is 296 g/mol. The Kier molecular flexibility index (Phi) is 2.78. The maximum atomic E-state index is 11.8. The summed E-state index contributed by atoms with van der Waals surface area (Å²) in [5.74, 6) is -0.297. The van der Waals surface area contributed by atoms with E-state index in [9.17, 15) is 4.79 Å². The number of hydrogen-bond donors (Lipinski definition) is 1. The van der Waals surface area contributed by atoms with Gasteiger partial charge in [-0.2, -0.15) is 4.98 Å². The summed E-state index contributed by atoms with van der Waals surface area (Å²) in [7, 11) is 1.51. The molecule has 22 heavy (non-hydrogen) atoms. The fourth-order valence-corrected chi connectivity index (χ4v) is 2.58. The molecule has 0 fully saturated rings. The third-order valence-electron chi connectivity index (χ3n) is 3.63. The Bertz CT molecular complexity index is 888. The van der Waals surface area contributed by atoms with E-state index in [1.807, 2.05) is 6.07 Å². The lowest BCUT2D eigenvalue weighted by molar-refractivity contribution is 0.0479. The van der Waals surface area contributed by atoms with E-state index in [0.717, 1.165) is 17.0 Å². The van der Waals surface area contributed by atoms with Crippen LogP contribution in [0.25, 0.3) is 22.3 Å². The van der Waals surface area contributed by atoms with Crippen LogP contribution in [0.2, 0.25) is 0 Å². The molecule has 0 amide bonds. The van der Waals surface area contributed by atoms with Gasteiger partial charge < -0.3 is 14.5 Å². The van der Waals surface area contributed by atoms with E-state index in [1.54, 1.807) is 18.5 Å². The summed E-state index contributed by atoms with van der Waals surface area (Å²) in [5.41, 5.74) is 4.43. The van der Waals surface area contributed by atoms with Gasteiger partial charge in [0.25, 0.3) is 0 Å². The van der Waals surface area contributed by atoms with Crippen LogP contribution in [0.5, 0.6) is 6.01 Å². The van der Waals surface area contributed by atoms with Crippen molar-refractivity contribution in [3.8, 4) is 17.3 Å². The zero-order chi connectivity index (χ0) is 15.1. The van der Waals surface area contributed by atoms with Gasteiger partial charge in [-0.1, -0.05) is 0 Å². The summed E-state index contributed by atoms with van der Waals surface area (Å²) >= 11 is 0. The number of aromatic amines is 1. The Morgan fingerprint density at radius 1 is 1.32 bits per heavy atom. The molecule has 1 N–H and O–H groups in total. The van der Waals surface area contributed by atoms with Crippen molar-refractivity contribution in [2.24, 2.45) is 0 Å². The maximum absolute atomic E-state index is 11.8. The second-order valence-corrected chi connectivity index (χ2v) is 4.91. The van der Waals surface area contributed by atoms with Crippen LogP contribution in [-0.4, -0.2) is 39.6 Å². The van der Waals surface area contributed by atoms with Gasteiger partial charge in [-0.05, 0) is 12.1 Å². The molecule has 0 unspecified atom stereocenters. The van der Waals surface area contributed by atoms with Gasteiger partial charge in [0, 0.05) is 29.6 Å². The van der Waals surface area contributed by atoms with Gasteiger partial charge in [0.15, 0.2) is 0 Å². The van der Waals surface area contributed by atoms with Crippen LogP contribution in [0, 0.1) is 0 Å². The van der Waals surface area contributed by atoms with Gasteiger partial charge in [-0.3, -0.25) is 4.98 Å². The van der Waals surface area contributed by atoms with Gasteiger partial charge in [-0.15, -0.1) is 0 Å². The molecule has 7 heteroatoms. The van der Waals surface area contributed by atoms with Crippen molar-refractivity contribution in [1.82, 2.24) is 19.9 Å². The number of hydrogen-bond acceptors (Lipinski definition) is 6. The summed E-state index contributed by atoms with van der Waals surface area (Å²) in [4.78, 5) is 27.7. The lowest BCUT2D eigenvalue weighted by Gasteiger charge is -2.10. The summed E-state index contributed by atoms with van der Waals surface area (Å²) in [5, 5.41) is 0. The number of rotatable bonds is 2. The van der Waals surface area contributed by atoms with Gasteiger partial charge >= 0.3 is 12.0 Å². The molecule has 1 aliphatic rings. The lowest BCUT2D eigenvalue weighted by atomic mass is 10.1. The maximum Gasteiger partial charge on any atom is 0.339 e. The van der Waals surface area contributed by atoms with Crippen molar-refractivity contribution in [3.05, 3.63) is 35.8 Å². The number of nitrogens with one attached hydrogen (secondary N) is 1. The van der Waals surface area contributed by atoms with Crippen molar-refractivity contribution < 1.29 is 14.3 Å². The van der Waals surface area contributed by atoms with E-state index in [0.29, 0.717) is 29.6 Å². The van der Waals surface area contributed by atoms with Crippen molar-refractivity contribution in [3.63, 3.8) is 0 Å². The number of cyclic esters (lactones) is 1. The fraction of sp³-hybridized carbons (Fsp3) is 0.200. The highest BCUT2D eigenvalue weighted by molar-refractivity contribution is 5.96. The lowest BCUT2D eigenvalue weighted by Crippen LogP contribution is -2.16. The molecule has 3 aromatic rings. The normalized spacial score (nSPS) is 13.8. The van der Waals surface area contributed by atoms with Crippen LogP contribution in [0.3, 0.4) is 0 Å². The molecule has 7 nitrogen and oxygen atoms in total. The van der Waals surface area contributed by atoms with E-state index in [2.05, 4.69) is 19.9 Å². The number of H-pyrrole nitrogens is 1. The monoisotopic (exact) mass is 296 g/mol. The van der Waals surface area contributed by atoms with Gasteiger partial charge in [0.2, 0.25) is 0 Å². The standard InChI is InChI=1S/C15H12N4O3/c1-21-15-17-7-12-13(19-15)8(2-4-16-12)11-6-9-10(18-11)3-5-22-14(9)20/h2,4,6-7,18H,3,5H2,1H3. The highest BCUT2D eigenvalue weighted by atomic mass is 16.5. The minimum absolute atomic E-state index is 0.275. The molecule has 3 aromatic heterocycles. The van der Waals surface area contributed by atoms with E-state index in [-0.39, 0.29) is 12.0 Å². The van der Waals surface area contributed by atoms with Crippen LogP contribution >= 0.6 is 0 Å². The molecule has 1 aliphatic heterocycles. The number of carbonyl (C=O) groups excluding carboxylic acids is 1. The average Bonchev–Trinajstić information content (AvgIpc) is 2.99. The predicted molar refractivity (Wildman–Crippen MR) is 77.7 cm³/mol. The molecular formula is C15H12N4O3. The number of nitrogens with zero attached hydrogens (tertiary/aromatic N) is 3. The number of ether oxygens (including phenoxy) is 2. The Morgan fingerprint density at radius 2 is 2.23 bits per heavy atom. The van der Waals surface area contributed by atoms with Gasteiger partial charge in [-0.25, -0.2) is 9.78 Å². The first-order valence-corrected chi connectivity index (χ1v) is 6.81. The van der Waals surface area contributed by atoms with Crippen LogP contribution in [-0.2, 0) is 11.2 Å². The molecule has 4 rings (SSSR count). The minimum Gasteiger partial charge on any atom is -0.467 e. The number of aromatic nitrogens is 4. The molecule has 0 aromatic carbocycles. The van der Waals surface area contributed by atoms with E-state index >= 15 is 0 Å². The number of pyridine rings is 1. The Labute approximate surface area is 125 Å². The van der Waals surface area contributed by atoms with E-state index < -0.39 is 0 Å². The smallest absolute Gasteiger partial charge is 0.339 e. The molecule has 0 bridgehead atoms. The van der Waals surface area contributed by atoms with Crippen molar-refractivity contribution in [2.45, 2.75) is 6.42 Å². The second-order valence-electron chi connectivity index (χ2n) is 4.91. The predicted octanol–water partition coefficient (Wildman–Crippen LogP) is 1.74. The Balaban J connectivity index is 1.92. The molecule has 0 aliphatic carbocycles. The first kappa shape index (κ1) is 12.8. The fourth-order valence-electron chi connectivity index (χ4n) is 2.58.